The Bertz CT molecular complexity index is 460. The number of nitrogens with zero attached hydrogens (tertiary/aromatic N) is 3. The third-order valence-corrected chi connectivity index (χ3v) is 2.29. The Morgan fingerprint density at radius 1 is 1.47 bits per heavy atom. The normalized spacial score (nSPS) is 9.73. The summed E-state index contributed by atoms with van der Waals surface area (Å²) >= 11 is 2.97. The van der Waals surface area contributed by atoms with Gasteiger partial charge in [-0.15, -0.1) is 0 Å². The van der Waals surface area contributed by atoms with Crippen LogP contribution in [0.3, 0.4) is 0 Å². The second-order valence-corrected chi connectivity index (χ2v) is 3.36. The van der Waals surface area contributed by atoms with E-state index in [1.165, 1.54) is 0 Å². The van der Waals surface area contributed by atoms with Crippen molar-refractivity contribution in [1.29, 1.82) is 10.5 Å². The zero-order chi connectivity index (χ0) is 11.4. The van der Waals surface area contributed by atoms with Gasteiger partial charge < -0.3 is 0 Å². The van der Waals surface area contributed by atoms with Gasteiger partial charge in [-0.2, -0.15) is 10.5 Å². The summed E-state index contributed by atoms with van der Waals surface area (Å²) in [6.07, 6.45) is -2.94. The second kappa shape index (κ2) is 4.81. The van der Waals surface area contributed by atoms with Crippen LogP contribution in [0.15, 0.2) is 10.7 Å². The molecule has 0 fully saturated rings. The molecule has 0 spiro atoms. The van der Waals surface area contributed by atoms with Crippen molar-refractivity contribution < 1.29 is 8.78 Å². The summed E-state index contributed by atoms with van der Waals surface area (Å²) in [5.41, 5.74) is -0.332. The SMILES string of the molecule is N#CCc1nc(Br)c(C#N)cc1C(F)F. The van der Waals surface area contributed by atoms with Crippen molar-refractivity contribution in [3.8, 4) is 12.1 Å². The lowest BCUT2D eigenvalue weighted by Gasteiger charge is -2.06. The lowest BCUT2D eigenvalue weighted by molar-refractivity contribution is 0.150. The van der Waals surface area contributed by atoms with Gasteiger partial charge in [-0.25, -0.2) is 13.8 Å². The van der Waals surface area contributed by atoms with E-state index in [2.05, 4.69) is 20.9 Å². The number of hydrogen-bond donors (Lipinski definition) is 0. The van der Waals surface area contributed by atoms with Crippen LogP contribution in [-0.4, -0.2) is 4.98 Å². The fourth-order valence-electron chi connectivity index (χ4n) is 1.03. The van der Waals surface area contributed by atoms with E-state index >= 15 is 0 Å². The first-order valence-corrected chi connectivity index (χ1v) is 4.64. The molecule has 0 amide bonds. The molecule has 0 aromatic carbocycles. The molecule has 0 saturated carbocycles. The molecule has 3 nitrogen and oxygen atoms in total. The maximum atomic E-state index is 12.5. The summed E-state index contributed by atoms with van der Waals surface area (Å²) < 4.78 is 25.2. The average molecular weight is 272 g/mol. The molecule has 0 unspecified atom stereocenters. The summed E-state index contributed by atoms with van der Waals surface area (Å²) in [4.78, 5) is 3.75. The summed E-state index contributed by atoms with van der Waals surface area (Å²) in [7, 11) is 0. The molecule has 0 bridgehead atoms. The highest BCUT2D eigenvalue weighted by Crippen LogP contribution is 2.26. The van der Waals surface area contributed by atoms with Crippen molar-refractivity contribution in [1.82, 2.24) is 4.98 Å². The van der Waals surface area contributed by atoms with Gasteiger partial charge in [-0.3, -0.25) is 0 Å². The van der Waals surface area contributed by atoms with E-state index in [1.54, 1.807) is 12.1 Å². The number of halogens is 3. The first-order chi connectivity index (χ1) is 7.10. The van der Waals surface area contributed by atoms with E-state index in [0.29, 0.717) is 0 Å². The number of nitriles is 2. The highest BCUT2D eigenvalue weighted by atomic mass is 79.9. The fraction of sp³-hybridized carbons (Fsp3) is 0.222. The van der Waals surface area contributed by atoms with Gasteiger partial charge in [0.1, 0.15) is 10.7 Å². The molecule has 1 heterocycles. The van der Waals surface area contributed by atoms with E-state index in [-0.39, 0.29) is 27.8 Å². The quantitative estimate of drug-likeness (QED) is 0.777. The lowest BCUT2D eigenvalue weighted by Crippen LogP contribution is -2.00. The molecule has 0 saturated heterocycles. The summed E-state index contributed by atoms with van der Waals surface area (Å²) in [6.45, 7) is 0. The van der Waals surface area contributed by atoms with Crippen molar-refractivity contribution in [2.24, 2.45) is 0 Å². The Labute approximate surface area is 93.1 Å². The highest BCUT2D eigenvalue weighted by molar-refractivity contribution is 9.10. The third kappa shape index (κ3) is 2.48. The lowest BCUT2D eigenvalue weighted by atomic mass is 10.1. The van der Waals surface area contributed by atoms with E-state index in [1.807, 2.05) is 0 Å². The van der Waals surface area contributed by atoms with Crippen LogP contribution in [0.1, 0.15) is 23.2 Å². The van der Waals surface area contributed by atoms with Crippen molar-refractivity contribution in [2.45, 2.75) is 12.8 Å². The van der Waals surface area contributed by atoms with Crippen molar-refractivity contribution in [2.75, 3.05) is 0 Å². The van der Waals surface area contributed by atoms with Crippen LogP contribution < -0.4 is 0 Å². The number of aromatic nitrogens is 1. The van der Waals surface area contributed by atoms with Gasteiger partial charge in [-0.1, -0.05) is 0 Å². The molecular formula is C9H4BrF2N3. The van der Waals surface area contributed by atoms with E-state index < -0.39 is 6.43 Å². The van der Waals surface area contributed by atoms with Gasteiger partial charge in [0, 0.05) is 5.56 Å². The molecule has 1 aromatic rings. The summed E-state index contributed by atoms with van der Waals surface area (Å²) in [5, 5.41) is 17.0. The average Bonchev–Trinajstić information content (AvgIpc) is 2.18. The van der Waals surface area contributed by atoms with Crippen LogP contribution in [-0.2, 0) is 6.42 Å². The first kappa shape index (κ1) is 11.5. The number of alkyl halides is 2. The van der Waals surface area contributed by atoms with Crippen LogP contribution in [0.25, 0.3) is 0 Å². The number of pyridine rings is 1. The minimum Gasteiger partial charge on any atom is -0.243 e. The van der Waals surface area contributed by atoms with Gasteiger partial charge >= 0.3 is 0 Å². The van der Waals surface area contributed by atoms with Crippen LogP contribution in [0.4, 0.5) is 8.78 Å². The van der Waals surface area contributed by atoms with E-state index in [0.717, 1.165) is 6.07 Å². The van der Waals surface area contributed by atoms with Gasteiger partial charge in [0.15, 0.2) is 0 Å². The van der Waals surface area contributed by atoms with Crippen LogP contribution in [0.2, 0.25) is 0 Å². The zero-order valence-electron chi connectivity index (χ0n) is 7.34. The molecule has 15 heavy (non-hydrogen) atoms. The highest BCUT2D eigenvalue weighted by Gasteiger charge is 2.17. The third-order valence-electron chi connectivity index (χ3n) is 1.69. The zero-order valence-corrected chi connectivity index (χ0v) is 8.92. The Kier molecular flexibility index (Phi) is 3.70. The van der Waals surface area contributed by atoms with Gasteiger partial charge in [0.2, 0.25) is 0 Å². The first-order valence-electron chi connectivity index (χ1n) is 3.84. The van der Waals surface area contributed by atoms with Crippen LogP contribution in [0, 0.1) is 22.7 Å². The largest absolute Gasteiger partial charge is 0.265 e. The molecule has 0 atom stereocenters. The maximum Gasteiger partial charge on any atom is 0.265 e. The Morgan fingerprint density at radius 3 is 2.60 bits per heavy atom. The van der Waals surface area contributed by atoms with Crippen LogP contribution in [0.5, 0.6) is 0 Å². The van der Waals surface area contributed by atoms with Crippen LogP contribution >= 0.6 is 15.9 Å². The predicted molar refractivity (Wildman–Crippen MR) is 50.9 cm³/mol. The molecule has 1 rings (SSSR count). The molecular weight excluding hydrogens is 268 g/mol. The molecule has 0 aliphatic carbocycles. The Balaban J connectivity index is 3.35. The van der Waals surface area contributed by atoms with Gasteiger partial charge in [0.05, 0.1) is 23.7 Å². The maximum absolute atomic E-state index is 12.5. The molecule has 0 aliphatic rings. The Hall–Kier alpha value is -1.53. The number of rotatable bonds is 2. The molecule has 1 aromatic heterocycles. The fourth-order valence-corrected chi connectivity index (χ4v) is 1.44. The summed E-state index contributed by atoms with van der Waals surface area (Å²) in [6, 6.07) is 4.53. The van der Waals surface area contributed by atoms with Crippen molar-refractivity contribution in [3.05, 3.63) is 27.5 Å². The topological polar surface area (TPSA) is 60.5 Å². The number of hydrogen-bond acceptors (Lipinski definition) is 3. The molecule has 6 heteroatoms. The minimum atomic E-state index is -2.74. The van der Waals surface area contributed by atoms with E-state index in [4.69, 9.17) is 10.5 Å². The van der Waals surface area contributed by atoms with Crippen molar-refractivity contribution >= 4 is 15.9 Å². The van der Waals surface area contributed by atoms with Gasteiger partial charge in [-0.05, 0) is 22.0 Å². The minimum absolute atomic E-state index is 0.00150. The molecule has 0 radical (unpaired) electrons. The van der Waals surface area contributed by atoms with E-state index in [9.17, 15) is 8.78 Å². The second-order valence-electron chi connectivity index (χ2n) is 2.61. The molecule has 0 N–H and O–H groups in total. The molecule has 76 valence electrons. The molecule has 0 aliphatic heterocycles. The standard InChI is InChI=1S/C9H4BrF2N3/c10-8-5(4-14)3-6(9(11)12)7(15-8)1-2-13/h3,9H,1H2. The van der Waals surface area contributed by atoms with Gasteiger partial charge in [0.25, 0.3) is 6.43 Å². The smallest absolute Gasteiger partial charge is 0.243 e. The monoisotopic (exact) mass is 271 g/mol. The van der Waals surface area contributed by atoms with Crippen molar-refractivity contribution in [3.63, 3.8) is 0 Å². The predicted octanol–water partition coefficient (Wildman–Crippen LogP) is 2.72. The Morgan fingerprint density at radius 2 is 2.13 bits per heavy atom. The summed E-state index contributed by atoms with van der Waals surface area (Å²) in [5.74, 6) is 0.